The third-order valence-electron chi connectivity index (χ3n) is 5.43. The number of likely N-dealkylation sites (tertiary alicyclic amines) is 1. The van der Waals surface area contributed by atoms with Crippen molar-refractivity contribution in [3.63, 3.8) is 0 Å². The van der Waals surface area contributed by atoms with E-state index in [1.165, 1.54) is 6.08 Å². The van der Waals surface area contributed by atoms with Crippen LogP contribution in [0.4, 0.5) is 5.82 Å². The fourth-order valence-electron chi connectivity index (χ4n) is 4.21. The summed E-state index contributed by atoms with van der Waals surface area (Å²) in [5.74, 6) is 2.24. The van der Waals surface area contributed by atoms with Crippen molar-refractivity contribution < 1.29 is 4.79 Å². The highest BCUT2D eigenvalue weighted by Gasteiger charge is 2.43. The van der Waals surface area contributed by atoms with E-state index in [-0.39, 0.29) is 5.91 Å². The molecule has 0 bridgehead atoms. The van der Waals surface area contributed by atoms with Gasteiger partial charge in [-0.3, -0.25) is 4.79 Å². The van der Waals surface area contributed by atoms with Gasteiger partial charge in [0.15, 0.2) is 0 Å². The molecule has 6 heteroatoms. The van der Waals surface area contributed by atoms with E-state index in [0.29, 0.717) is 17.9 Å². The Balaban J connectivity index is 1.50. The molecule has 2 unspecified atom stereocenters. The number of carbonyl (C=O) groups excluding carboxylic acids is 1. The topological polar surface area (TPSA) is 65.1 Å². The largest absolute Gasteiger partial charge is 0.356 e. The molecule has 2 aromatic rings. The Morgan fingerprint density at radius 3 is 2.83 bits per heavy atom. The molecule has 2 atom stereocenters. The van der Waals surface area contributed by atoms with Crippen LogP contribution in [0.1, 0.15) is 12.8 Å². The number of nitrogens with zero attached hydrogens (tertiary/aromatic N) is 4. The minimum Gasteiger partial charge on any atom is -0.356 e. The fourth-order valence-corrected chi connectivity index (χ4v) is 4.21. The van der Waals surface area contributed by atoms with E-state index in [9.17, 15) is 4.79 Å². The number of anilines is 1. The van der Waals surface area contributed by atoms with Crippen molar-refractivity contribution in [2.45, 2.75) is 18.9 Å². The van der Waals surface area contributed by atoms with Crippen LogP contribution in [-0.4, -0.2) is 51.9 Å². The highest BCUT2D eigenvalue weighted by molar-refractivity contribution is 5.88. The van der Waals surface area contributed by atoms with Crippen LogP contribution in [-0.2, 0) is 4.79 Å². The number of carbonyl (C=O) groups is 1. The average molecular weight is 311 g/mol. The third-order valence-corrected chi connectivity index (χ3v) is 5.43. The Morgan fingerprint density at radius 2 is 2.13 bits per heavy atom. The number of H-pyrrole nitrogens is 1. The van der Waals surface area contributed by atoms with Crippen molar-refractivity contribution in [3.8, 4) is 0 Å². The van der Waals surface area contributed by atoms with Gasteiger partial charge in [-0.1, -0.05) is 6.58 Å². The van der Waals surface area contributed by atoms with Crippen LogP contribution < -0.4 is 4.90 Å². The second-order valence-electron chi connectivity index (χ2n) is 6.64. The second kappa shape index (κ2) is 5.37. The van der Waals surface area contributed by atoms with Crippen LogP contribution >= 0.6 is 0 Å². The predicted molar refractivity (Wildman–Crippen MR) is 89.1 cm³/mol. The van der Waals surface area contributed by atoms with Gasteiger partial charge in [-0.05, 0) is 36.8 Å². The van der Waals surface area contributed by atoms with Crippen molar-refractivity contribution in [1.82, 2.24) is 19.9 Å². The zero-order valence-electron chi connectivity index (χ0n) is 13.3. The van der Waals surface area contributed by atoms with E-state index in [0.717, 1.165) is 42.8 Å². The first kappa shape index (κ1) is 14.2. The Morgan fingerprint density at radius 1 is 1.39 bits per heavy atom. The first-order valence-electron chi connectivity index (χ1n) is 8.09. The molecule has 0 spiro atoms. The van der Waals surface area contributed by atoms with Crippen LogP contribution in [0.3, 0.4) is 0 Å². The maximum atomic E-state index is 11.8. The van der Waals surface area contributed by atoms with E-state index in [4.69, 9.17) is 0 Å². The van der Waals surface area contributed by atoms with Crippen LogP contribution in [0.5, 0.6) is 0 Å². The Hall–Kier alpha value is -2.37. The van der Waals surface area contributed by atoms with Gasteiger partial charge in [0.05, 0.1) is 5.39 Å². The molecule has 2 aliphatic rings. The lowest BCUT2D eigenvalue weighted by Gasteiger charge is -2.27. The van der Waals surface area contributed by atoms with Gasteiger partial charge in [0.25, 0.3) is 0 Å². The predicted octanol–water partition coefficient (Wildman–Crippen LogP) is 1.82. The number of amides is 1. The number of nitrogens with one attached hydrogen (secondary N) is 1. The molecule has 1 amide bonds. The lowest BCUT2D eigenvalue weighted by atomic mass is 10.0. The van der Waals surface area contributed by atoms with E-state index in [1.807, 2.05) is 17.2 Å². The normalized spacial score (nSPS) is 26.5. The molecular weight excluding hydrogens is 290 g/mol. The van der Waals surface area contributed by atoms with Crippen molar-refractivity contribution >= 4 is 22.8 Å². The van der Waals surface area contributed by atoms with Crippen LogP contribution in [0, 0.1) is 11.8 Å². The summed E-state index contributed by atoms with van der Waals surface area (Å²) in [6.45, 7) is 5.32. The monoisotopic (exact) mass is 311 g/mol. The summed E-state index contributed by atoms with van der Waals surface area (Å²) in [5, 5.41) is 1.07. The number of fused-ring (bicyclic) bond motifs is 2. The van der Waals surface area contributed by atoms with Crippen LogP contribution in [0.15, 0.2) is 31.2 Å². The van der Waals surface area contributed by atoms with Crippen LogP contribution in [0.2, 0.25) is 0 Å². The van der Waals surface area contributed by atoms with Crippen molar-refractivity contribution in [2.24, 2.45) is 11.8 Å². The van der Waals surface area contributed by atoms with Gasteiger partial charge in [-0.2, -0.15) is 0 Å². The zero-order chi connectivity index (χ0) is 16.0. The molecule has 0 aromatic carbocycles. The van der Waals surface area contributed by atoms with Crippen molar-refractivity contribution in [1.29, 1.82) is 0 Å². The molecule has 4 rings (SSSR count). The van der Waals surface area contributed by atoms with Crippen molar-refractivity contribution in [3.05, 3.63) is 31.2 Å². The first-order valence-corrected chi connectivity index (χ1v) is 8.09. The molecule has 1 saturated carbocycles. The van der Waals surface area contributed by atoms with E-state index < -0.39 is 0 Å². The molecule has 0 radical (unpaired) electrons. The molecule has 3 heterocycles. The molecule has 1 aliphatic carbocycles. The Bertz CT molecular complexity index is 740. The minimum atomic E-state index is 0.0640. The molecule has 2 fully saturated rings. The van der Waals surface area contributed by atoms with Gasteiger partial charge in [-0.25, -0.2) is 9.97 Å². The number of aromatic amines is 1. The summed E-state index contributed by atoms with van der Waals surface area (Å²) in [6.07, 6.45) is 7.16. The molecule has 23 heavy (non-hydrogen) atoms. The van der Waals surface area contributed by atoms with Gasteiger partial charge in [0.1, 0.15) is 17.8 Å². The van der Waals surface area contributed by atoms with Gasteiger partial charge >= 0.3 is 0 Å². The highest BCUT2D eigenvalue weighted by atomic mass is 16.2. The summed E-state index contributed by atoms with van der Waals surface area (Å²) in [4.78, 5) is 27.9. The molecular formula is C17H21N5O. The van der Waals surface area contributed by atoms with E-state index in [1.54, 1.807) is 6.33 Å². The minimum absolute atomic E-state index is 0.0640. The quantitative estimate of drug-likeness (QED) is 0.878. The summed E-state index contributed by atoms with van der Waals surface area (Å²) < 4.78 is 0. The highest BCUT2D eigenvalue weighted by Crippen LogP contribution is 2.41. The first-order chi connectivity index (χ1) is 11.2. The summed E-state index contributed by atoms with van der Waals surface area (Å²) >= 11 is 0. The lowest BCUT2D eigenvalue weighted by molar-refractivity contribution is -0.125. The molecule has 1 N–H and O–H groups in total. The number of rotatable bonds is 3. The smallest absolute Gasteiger partial charge is 0.245 e. The molecule has 1 aliphatic heterocycles. The zero-order valence-corrected chi connectivity index (χ0v) is 13.3. The lowest BCUT2D eigenvalue weighted by Crippen LogP contribution is -2.34. The number of hydrogen-bond donors (Lipinski definition) is 1. The Kier molecular flexibility index (Phi) is 3.32. The SMILES string of the molecule is C=CC(=O)N1CC2CC(N(C)c3ncnc4[nH]ccc34)CC2C1. The molecule has 1 saturated heterocycles. The van der Waals surface area contributed by atoms with Gasteiger partial charge in [0.2, 0.25) is 5.91 Å². The summed E-state index contributed by atoms with van der Waals surface area (Å²) in [6, 6.07) is 2.50. The molecule has 6 nitrogen and oxygen atoms in total. The summed E-state index contributed by atoms with van der Waals surface area (Å²) in [7, 11) is 2.12. The molecule has 120 valence electrons. The van der Waals surface area contributed by atoms with E-state index in [2.05, 4.69) is 33.5 Å². The van der Waals surface area contributed by atoms with Gasteiger partial charge in [-0.15, -0.1) is 0 Å². The van der Waals surface area contributed by atoms with E-state index >= 15 is 0 Å². The third kappa shape index (κ3) is 2.29. The Labute approximate surface area is 135 Å². The molecule has 2 aromatic heterocycles. The maximum absolute atomic E-state index is 11.8. The number of hydrogen-bond acceptors (Lipinski definition) is 4. The van der Waals surface area contributed by atoms with Crippen LogP contribution in [0.25, 0.3) is 11.0 Å². The maximum Gasteiger partial charge on any atom is 0.245 e. The fraction of sp³-hybridized carbons (Fsp3) is 0.471. The van der Waals surface area contributed by atoms with Gasteiger partial charge in [0, 0.05) is 32.4 Å². The summed E-state index contributed by atoms with van der Waals surface area (Å²) in [5.41, 5.74) is 0.878. The van der Waals surface area contributed by atoms with Crippen molar-refractivity contribution in [2.75, 3.05) is 25.0 Å². The number of aromatic nitrogens is 3. The second-order valence-corrected chi connectivity index (χ2v) is 6.64. The standard InChI is InChI=1S/C17H21N5O/c1-3-15(23)22-8-11-6-13(7-12(11)9-22)21(2)17-14-4-5-18-16(14)19-10-20-17/h3-5,10-13H,1,6-9H2,2H3,(H,18,19,20). The average Bonchev–Trinajstić information content (AvgIpc) is 3.26. The van der Waals surface area contributed by atoms with Gasteiger partial charge < -0.3 is 14.8 Å².